The molecule has 2 aromatic carbocycles. The fourth-order valence-corrected chi connectivity index (χ4v) is 2.60. The van der Waals surface area contributed by atoms with E-state index in [0.717, 1.165) is 0 Å². The quantitative estimate of drug-likeness (QED) is 0.490. The van der Waals surface area contributed by atoms with Crippen molar-refractivity contribution in [3.63, 3.8) is 0 Å². The van der Waals surface area contributed by atoms with Gasteiger partial charge >= 0.3 is 0 Å². The maximum Gasteiger partial charge on any atom is 0.192 e. The molecule has 0 aliphatic heterocycles. The first kappa shape index (κ1) is 7.75. The topological polar surface area (TPSA) is 38.9 Å². The highest BCUT2D eigenvalue weighted by Gasteiger charge is 2.09. The molecule has 4 rings (SSSR count). The predicted octanol–water partition coefficient (Wildman–Crippen LogP) is 5.48. The molecule has 0 N–H and O–H groups in total. The molecule has 24 heavy (non-hydrogen) atoms. The van der Waals surface area contributed by atoms with Crippen LogP contribution in [0.5, 0.6) is 0 Å². The molecule has 0 fully saturated rings. The minimum atomic E-state index is -2.50. The molecular weight excluding hydrogens is 296 g/mol. The molecule has 0 bridgehead atoms. The fourth-order valence-electron chi connectivity index (χ4n) is 2.60. The molecule has 3 nitrogen and oxygen atoms in total. The first-order valence-electron chi connectivity index (χ1n) is 11.8. The molecule has 0 saturated carbocycles. The Labute approximate surface area is 153 Å². The normalized spacial score (nSPS) is 18.2. The van der Waals surface area contributed by atoms with Gasteiger partial charge in [0.25, 0.3) is 0 Å². The summed E-state index contributed by atoms with van der Waals surface area (Å²) in [5.74, 6) is -0.391. The predicted molar refractivity (Wildman–Crippen MR) is 96.9 cm³/mol. The van der Waals surface area contributed by atoms with Crippen LogP contribution in [0.25, 0.3) is 33.5 Å². The Balaban J connectivity index is 1.84. The number of hydrogen-bond acceptors (Lipinski definition) is 3. The van der Waals surface area contributed by atoms with E-state index in [4.69, 9.17) is 16.8 Å². The lowest BCUT2D eigenvalue weighted by Crippen LogP contribution is -1.88. The van der Waals surface area contributed by atoms with Gasteiger partial charge in [-0.25, -0.2) is 4.98 Å². The molecule has 2 heterocycles. The average Bonchev–Trinajstić information content (AvgIpc) is 3.16. The highest BCUT2D eigenvalue weighted by atomic mass is 16.3. The van der Waals surface area contributed by atoms with Crippen LogP contribution < -0.4 is 0 Å². The lowest BCUT2D eigenvalue weighted by molar-refractivity contribution is 0.561. The Kier molecular flexibility index (Phi) is 1.81. The second kappa shape index (κ2) is 5.60. The third-order valence-electron chi connectivity index (χ3n) is 3.78. The monoisotopic (exact) mass is 323 g/mol. The van der Waals surface area contributed by atoms with E-state index in [2.05, 4.69) is 9.97 Å². The van der Waals surface area contributed by atoms with E-state index in [1.807, 2.05) is 0 Å². The average molecular weight is 323 g/mol. The summed E-state index contributed by atoms with van der Waals surface area (Å²) in [4.78, 5) is 8.27. The molecule has 0 radical (unpaired) electrons. The zero-order valence-electron chi connectivity index (χ0n) is 21.5. The van der Waals surface area contributed by atoms with Crippen LogP contribution in [0.4, 0.5) is 0 Å². The zero-order chi connectivity index (χ0) is 24.2. The van der Waals surface area contributed by atoms with Gasteiger partial charge in [0.2, 0.25) is 0 Å². The summed E-state index contributed by atoms with van der Waals surface area (Å²) in [7, 11) is 0. The molecule has 0 aliphatic rings. The van der Waals surface area contributed by atoms with Crippen LogP contribution in [0.2, 0.25) is 0 Å². The third-order valence-corrected chi connectivity index (χ3v) is 3.78. The smallest absolute Gasteiger partial charge is 0.192 e. The molecule has 0 aliphatic carbocycles. The number of oxazole rings is 1. The van der Waals surface area contributed by atoms with Crippen molar-refractivity contribution < 1.29 is 16.8 Å². The summed E-state index contributed by atoms with van der Waals surface area (Å²) in [6.45, 7) is -7.19. The number of hydrogen-bond donors (Lipinski definition) is 0. The Morgan fingerprint density at radius 3 is 2.67 bits per heavy atom. The highest BCUT2D eigenvalue weighted by molar-refractivity contribution is 5.83. The van der Waals surface area contributed by atoms with E-state index in [-0.39, 0.29) is 16.7 Å². The summed E-state index contributed by atoms with van der Waals surface area (Å²) in [5, 5.41) is 0. The summed E-state index contributed by atoms with van der Waals surface area (Å²) >= 11 is 0. The van der Waals surface area contributed by atoms with Crippen molar-refractivity contribution in [1.82, 2.24) is 9.97 Å². The van der Waals surface area contributed by atoms with Crippen molar-refractivity contribution in [3.05, 3.63) is 71.7 Å². The first-order valence-corrected chi connectivity index (χ1v) is 7.26. The minimum Gasteiger partial charge on any atom is -0.441 e. The molecule has 0 amide bonds. The van der Waals surface area contributed by atoms with Gasteiger partial charge in [-0.15, -0.1) is 0 Å². The number of fused-ring (bicyclic) bond motifs is 1. The minimum absolute atomic E-state index is 0.101. The first-order chi connectivity index (χ1) is 15.2. The Morgan fingerprint density at radius 1 is 0.917 bits per heavy atom. The van der Waals surface area contributed by atoms with Gasteiger partial charge < -0.3 is 4.42 Å². The van der Waals surface area contributed by atoms with Gasteiger partial charge in [0, 0.05) is 30.9 Å². The van der Waals surface area contributed by atoms with Gasteiger partial charge in [0.15, 0.2) is 11.5 Å². The molecule has 0 atom stereocenters. The van der Waals surface area contributed by atoms with E-state index in [1.54, 1.807) is 36.4 Å². The van der Waals surface area contributed by atoms with Gasteiger partial charge in [0.05, 0.1) is 5.69 Å². The maximum atomic E-state index is 7.93. The van der Waals surface area contributed by atoms with Crippen LogP contribution in [0.3, 0.4) is 0 Å². The van der Waals surface area contributed by atoms with Gasteiger partial charge in [-0.2, -0.15) is 0 Å². The number of aromatic nitrogens is 2. The molecule has 4 aromatic rings. The lowest BCUT2D eigenvalue weighted by atomic mass is 9.96. The standard InChI is InChI=1S/C21H18N2O/c1-13-4-8-19(22-12-13)17-6-5-14(2)18(10-17)16-7-9-21-20(11-16)23-15(3)24-21/h4-12H,1-3H3/i1D3,2D3,3D3. The van der Waals surface area contributed by atoms with Crippen molar-refractivity contribution in [2.75, 3.05) is 0 Å². The van der Waals surface area contributed by atoms with E-state index in [0.29, 0.717) is 27.9 Å². The second-order valence-electron chi connectivity index (χ2n) is 5.39. The second-order valence-corrected chi connectivity index (χ2v) is 5.39. The largest absolute Gasteiger partial charge is 0.441 e. The summed E-state index contributed by atoms with van der Waals surface area (Å²) in [6.07, 6.45) is 1.28. The summed E-state index contributed by atoms with van der Waals surface area (Å²) in [5.41, 5.74) is 2.76. The maximum absolute atomic E-state index is 7.93. The van der Waals surface area contributed by atoms with Crippen LogP contribution in [0.15, 0.2) is 59.1 Å². The SMILES string of the molecule is [2H]C([2H])([2H])c1ccc(-c2ccc(C([2H])([2H])[2H])c(-c3ccc4oc(C([2H])([2H])[2H])nc4c3)c2)nc1. The van der Waals surface area contributed by atoms with E-state index in [1.165, 1.54) is 18.3 Å². The van der Waals surface area contributed by atoms with Crippen LogP contribution in [0, 0.1) is 20.6 Å². The third kappa shape index (κ3) is 2.58. The van der Waals surface area contributed by atoms with Gasteiger partial charge in [0.1, 0.15) is 5.52 Å². The number of nitrogens with zero attached hydrogens (tertiary/aromatic N) is 2. The molecule has 0 saturated heterocycles. The van der Waals surface area contributed by atoms with Crippen molar-refractivity contribution in [2.45, 2.75) is 20.6 Å². The van der Waals surface area contributed by atoms with Gasteiger partial charge in [-0.3, -0.25) is 4.98 Å². The Morgan fingerprint density at radius 2 is 1.88 bits per heavy atom. The highest BCUT2D eigenvalue weighted by Crippen LogP contribution is 2.30. The van der Waals surface area contributed by atoms with Crippen molar-refractivity contribution in [2.24, 2.45) is 0 Å². The fraction of sp³-hybridized carbons (Fsp3) is 0.143. The molecule has 0 spiro atoms. The zero-order valence-corrected chi connectivity index (χ0v) is 12.5. The van der Waals surface area contributed by atoms with Crippen LogP contribution >= 0.6 is 0 Å². The van der Waals surface area contributed by atoms with Crippen molar-refractivity contribution in [3.8, 4) is 22.4 Å². The number of benzene rings is 2. The van der Waals surface area contributed by atoms with Crippen molar-refractivity contribution >= 4 is 11.1 Å². The van der Waals surface area contributed by atoms with Crippen molar-refractivity contribution in [1.29, 1.82) is 0 Å². The van der Waals surface area contributed by atoms with Crippen LogP contribution in [0.1, 0.15) is 29.4 Å². The molecule has 118 valence electrons. The van der Waals surface area contributed by atoms with Crippen LogP contribution in [-0.2, 0) is 0 Å². The number of rotatable bonds is 2. The Hall–Kier alpha value is -2.94. The summed E-state index contributed by atoms with van der Waals surface area (Å²) in [6, 6.07) is 12.5. The molecule has 2 aromatic heterocycles. The molecular formula is C21H18N2O. The lowest BCUT2D eigenvalue weighted by Gasteiger charge is -2.09. The van der Waals surface area contributed by atoms with Gasteiger partial charge in [-0.1, -0.05) is 24.3 Å². The number of aryl methyl sites for hydroxylation is 3. The van der Waals surface area contributed by atoms with E-state index >= 15 is 0 Å². The number of pyridine rings is 1. The van der Waals surface area contributed by atoms with E-state index < -0.39 is 26.4 Å². The van der Waals surface area contributed by atoms with Gasteiger partial charge in [-0.05, 0) is 60.2 Å². The molecule has 3 heteroatoms. The van der Waals surface area contributed by atoms with E-state index in [9.17, 15) is 0 Å². The summed E-state index contributed by atoms with van der Waals surface area (Å²) < 4.78 is 74.0. The molecule has 0 unspecified atom stereocenters. The Bertz CT molecular complexity index is 1320. The van der Waals surface area contributed by atoms with Crippen LogP contribution in [-0.4, -0.2) is 9.97 Å².